The van der Waals surface area contributed by atoms with Crippen LogP contribution in [0.25, 0.3) is 5.69 Å². The molecule has 0 fully saturated rings. The first-order chi connectivity index (χ1) is 14.5. The van der Waals surface area contributed by atoms with Gasteiger partial charge in [0.2, 0.25) is 5.91 Å². The molecule has 1 amide bonds. The minimum atomic E-state index is -0.728. The van der Waals surface area contributed by atoms with E-state index in [9.17, 15) is 18.8 Å². The van der Waals surface area contributed by atoms with Gasteiger partial charge in [-0.3, -0.25) is 14.2 Å². The Balaban J connectivity index is 1.60. The Labute approximate surface area is 172 Å². The summed E-state index contributed by atoms with van der Waals surface area (Å²) in [5.74, 6) is -1.61. The average molecular weight is 409 g/mol. The number of nitrogens with one attached hydrogen (secondary N) is 1. The first-order valence-corrected chi connectivity index (χ1v) is 9.36. The summed E-state index contributed by atoms with van der Waals surface area (Å²) in [6, 6.07) is 11.9. The van der Waals surface area contributed by atoms with Crippen molar-refractivity contribution < 1.29 is 23.5 Å². The Morgan fingerprint density at radius 3 is 2.43 bits per heavy atom. The minimum absolute atomic E-state index is 0.0942. The number of benzene rings is 2. The molecule has 154 valence electrons. The number of esters is 1. The Morgan fingerprint density at radius 1 is 1.07 bits per heavy atom. The molecular formula is C22H20FN3O4. The number of ketones is 1. The zero-order chi connectivity index (χ0) is 21.5. The summed E-state index contributed by atoms with van der Waals surface area (Å²) in [5.41, 5.74) is 1.59. The number of Topliss-reactive ketones (excluding diaryl/α,β-unsaturated/α-hetero) is 1. The number of ether oxygens (including phenoxy) is 1. The molecular weight excluding hydrogens is 389 g/mol. The predicted molar refractivity (Wildman–Crippen MR) is 108 cm³/mol. The number of imidazole rings is 1. The van der Waals surface area contributed by atoms with Crippen LogP contribution in [0.15, 0.2) is 61.1 Å². The largest absolute Gasteiger partial charge is 0.453 e. The van der Waals surface area contributed by atoms with Crippen LogP contribution in [0.1, 0.15) is 40.6 Å². The van der Waals surface area contributed by atoms with E-state index in [1.165, 1.54) is 41.4 Å². The monoisotopic (exact) mass is 409 g/mol. The third-order valence-electron chi connectivity index (χ3n) is 4.25. The normalized spacial score (nSPS) is 10.5. The van der Waals surface area contributed by atoms with Crippen molar-refractivity contribution in [3.05, 3.63) is 78.1 Å². The van der Waals surface area contributed by atoms with E-state index >= 15 is 0 Å². The van der Waals surface area contributed by atoms with Gasteiger partial charge in [0.1, 0.15) is 5.82 Å². The maximum absolute atomic E-state index is 13.1. The molecule has 30 heavy (non-hydrogen) atoms. The zero-order valence-electron chi connectivity index (χ0n) is 16.3. The van der Waals surface area contributed by atoms with Crippen LogP contribution in [0.3, 0.4) is 0 Å². The highest BCUT2D eigenvalue weighted by Crippen LogP contribution is 2.14. The lowest BCUT2D eigenvalue weighted by Gasteiger charge is -2.09. The molecule has 0 spiro atoms. The van der Waals surface area contributed by atoms with Crippen LogP contribution >= 0.6 is 0 Å². The fraction of sp³-hybridized carbons (Fsp3) is 0.182. The summed E-state index contributed by atoms with van der Waals surface area (Å²) in [7, 11) is 0. The van der Waals surface area contributed by atoms with E-state index in [-0.39, 0.29) is 17.4 Å². The highest BCUT2D eigenvalue weighted by molar-refractivity contribution is 5.99. The Hall–Kier alpha value is -3.81. The van der Waals surface area contributed by atoms with E-state index in [2.05, 4.69) is 10.3 Å². The number of aromatic nitrogens is 2. The second-order valence-corrected chi connectivity index (χ2v) is 6.50. The summed E-state index contributed by atoms with van der Waals surface area (Å²) in [6.07, 6.45) is 3.88. The highest BCUT2D eigenvalue weighted by Gasteiger charge is 2.17. The van der Waals surface area contributed by atoms with E-state index < -0.39 is 18.4 Å². The lowest BCUT2D eigenvalue weighted by atomic mass is 10.1. The lowest BCUT2D eigenvalue weighted by molar-refractivity contribution is -0.116. The van der Waals surface area contributed by atoms with Crippen LogP contribution < -0.4 is 5.32 Å². The van der Waals surface area contributed by atoms with Gasteiger partial charge in [0.05, 0.1) is 12.5 Å². The van der Waals surface area contributed by atoms with Crippen molar-refractivity contribution in [3.63, 3.8) is 0 Å². The van der Waals surface area contributed by atoms with E-state index in [0.717, 1.165) is 6.42 Å². The van der Waals surface area contributed by atoms with Crippen LogP contribution in [0.5, 0.6) is 0 Å². The summed E-state index contributed by atoms with van der Waals surface area (Å²) in [6.45, 7) is 1.46. The summed E-state index contributed by atoms with van der Waals surface area (Å²) >= 11 is 0. The fourth-order valence-corrected chi connectivity index (χ4v) is 2.73. The van der Waals surface area contributed by atoms with Crippen LogP contribution in [0, 0.1) is 5.82 Å². The fourth-order valence-electron chi connectivity index (χ4n) is 2.73. The number of anilines is 1. The number of hydrogen-bond acceptors (Lipinski definition) is 5. The predicted octanol–water partition coefficient (Wildman–Crippen LogP) is 3.79. The van der Waals surface area contributed by atoms with Crippen molar-refractivity contribution in [2.45, 2.75) is 19.8 Å². The van der Waals surface area contributed by atoms with Crippen molar-refractivity contribution in [1.29, 1.82) is 0 Å². The van der Waals surface area contributed by atoms with Crippen LogP contribution in [-0.4, -0.2) is 33.8 Å². The van der Waals surface area contributed by atoms with Gasteiger partial charge in [-0.2, -0.15) is 0 Å². The lowest BCUT2D eigenvalue weighted by Crippen LogP contribution is -2.17. The molecule has 7 nitrogen and oxygen atoms in total. The second kappa shape index (κ2) is 9.60. The topological polar surface area (TPSA) is 90.3 Å². The van der Waals surface area contributed by atoms with Gasteiger partial charge in [-0.15, -0.1) is 0 Å². The molecule has 8 heteroatoms. The van der Waals surface area contributed by atoms with E-state index in [4.69, 9.17) is 4.74 Å². The molecule has 0 saturated heterocycles. The first kappa shape index (κ1) is 20.9. The quantitative estimate of drug-likeness (QED) is 0.452. The minimum Gasteiger partial charge on any atom is -0.453 e. The number of amides is 1. The van der Waals surface area contributed by atoms with Crippen molar-refractivity contribution in [2.24, 2.45) is 0 Å². The van der Waals surface area contributed by atoms with Gasteiger partial charge in [0, 0.05) is 23.4 Å². The van der Waals surface area contributed by atoms with Gasteiger partial charge in [-0.25, -0.2) is 14.2 Å². The number of rotatable bonds is 8. The summed E-state index contributed by atoms with van der Waals surface area (Å²) in [4.78, 5) is 40.2. The maximum Gasteiger partial charge on any atom is 0.357 e. The third-order valence-corrected chi connectivity index (χ3v) is 4.25. The molecule has 0 atom stereocenters. The molecule has 2 aromatic carbocycles. The smallest absolute Gasteiger partial charge is 0.357 e. The number of nitrogens with zero attached hydrogens (tertiary/aromatic N) is 2. The molecule has 3 aromatic rings. The van der Waals surface area contributed by atoms with Gasteiger partial charge in [-0.05, 0) is 55.0 Å². The SMILES string of the molecule is CCCC(=O)Nc1ccc(C(=O)COC(=O)c2cncn2-c2ccc(F)cc2)cc1. The summed E-state index contributed by atoms with van der Waals surface area (Å²) in [5, 5.41) is 2.73. The van der Waals surface area contributed by atoms with E-state index in [1.54, 1.807) is 24.3 Å². The van der Waals surface area contributed by atoms with Crippen LogP contribution in [0.2, 0.25) is 0 Å². The van der Waals surface area contributed by atoms with Crippen LogP contribution in [-0.2, 0) is 9.53 Å². The van der Waals surface area contributed by atoms with Crippen molar-refractivity contribution in [1.82, 2.24) is 9.55 Å². The molecule has 1 heterocycles. The number of carbonyl (C=O) groups excluding carboxylic acids is 3. The third kappa shape index (κ3) is 5.16. The Kier molecular flexibility index (Phi) is 6.69. The molecule has 0 saturated carbocycles. The molecule has 0 bridgehead atoms. The maximum atomic E-state index is 13.1. The molecule has 1 N–H and O–H groups in total. The van der Waals surface area contributed by atoms with Crippen molar-refractivity contribution >= 4 is 23.3 Å². The molecule has 1 aromatic heterocycles. The summed E-state index contributed by atoms with van der Waals surface area (Å²) < 4.78 is 19.7. The van der Waals surface area contributed by atoms with E-state index in [0.29, 0.717) is 23.4 Å². The van der Waals surface area contributed by atoms with E-state index in [1.807, 2.05) is 6.92 Å². The standard InChI is InChI=1S/C22H20FN3O4/c1-2-3-21(28)25-17-8-4-15(5-9-17)20(27)13-30-22(29)19-12-24-14-26(19)18-10-6-16(23)7-11-18/h4-12,14H,2-3,13H2,1H3,(H,25,28). The Bertz CT molecular complexity index is 1040. The van der Waals surface area contributed by atoms with Crippen molar-refractivity contribution in [2.75, 3.05) is 11.9 Å². The molecule has 0 radical (unpaired) electrons. The highest BCUT2D eigenvalue weighted by atomic mass is 19.1. The molecule has 0 aliphatic rings. The molecule has 0 unspecified atom stereocenters. The van der Waals surface area contributed by atoms with Gasteiger partial charge in [0.25, 0.3) is 0 Å². The number of hydrogen-bond donors (Lipinski definition) is 1. The van der Waals surface area contributed by atoms with Gasteiger partial charge < -0.3 is 10.1 Å². The van der Waals surface area contributed by atoms with Crippen LogP contribution in [0.4, 0.5) is 10.1 Å². The second-order valence-electron chi connectivity index (χ2n) is 6.50. The average Bonchev–Trinajstić information content (AvgIpc) is 3.23. The molecule has 0 aliphatic carbocycles. The van der Waals surface area contributed by atoms with Crippen molar-refractivity contribution in [3.8, 4) is 5.69 Å². The molecule has 0 aliphatic heterocycles. The van der Waals surface area contributed by atoms with Gasteiger partial charge in [-0.1, -0.05) is 6.92 Å². The number of carbonyl (C=O) groups is 3. The van der Waals surface area contributed by atoms with Gasteiger partial charge in [0.15, 0.2) is 18.1 Å². The van der Waals surface area contributed by atoms with Gasteiger partial charge >= 0.3 is 5.97 Å². The zero-order valence-corrected chi connectivity index (χ0v) is 16.3. The molecule has 3 rings (SSSR count). The first-order valence-electron chi connectivity index (χ1n) is 9.36. The number of halogens is 1. The Morgan fingerprint density at radius 2 is 1.77 bits per heavy atom.